The van der Waals surface area contributed by atoms with Gasteiger partial charge in [-0.1, -0.05) is 6.92 Å². The van der Waals surface area contributed by atoms with Crippen LogP contribution in [0.5, 0.6) is 0 Å². The van der Waals surface area contributed by atoms with E-state index in [4.69, 9.17) is 5.26 Å². The molecule has 0 aliphatic heterocycles. The number of nitriles is 1. The Morgan fingerprint density at radius 2 is 2.07 bits per heavy atom. The smallest absolute Gasteiger partial charge is 0.236 e. The predicted octanol–water partition coefficient (Wildman–Crippen LogP) is 0.699. The van der Waals surface area contributed by atoms with Gasteiger partial charge in [0, 0.05) is 14.1 Å². The minimum atomic E-state index is -0.196. The molecule has 1 unspecified atom stereocenters. The van der Waals surface area contributed by atoms with Crippen LogP contribution in [0.2, 0.25) is 0 Å². The third kappa shape index (κ3) is 4.24. The zero-order valence-corrected chi connectivity index (χ0v) is 9.45. The highest BCUT2D eigenvalue weighted by atomic mass is 16.2. The highest BCUT2D eigenvalue weighted by Gasteiger charge is 2.16. The van der Waals surface area contributed by atoms with E-state index in [2.05, 4.69) is 6.07 Å². The van der Waals surface area contributed by atoms with Crippen LogP contribution in [0.1, 0.15) is 20.3 Å². The van der Waals surface area contributed by atoms with Crippen LogP contribution in [-0.4, -0.2) is 48.9 Å². The Hall–Kier alpha value is -1.08. The van der Waals surface area contributed by atoms with E-state index in [1.807, 2.05) is 18.7 Å². The summed E-state index contributed by atoms with van der Waals surface area (Å²) in [4.78, 5) is 14.9. The van der Waals surface area contributed by atoms with E-state index in [9.17, 15) is 4.79 Å². The predicted molar refractivity (Wildman–Crippen MR) is 55.6 cm³/mol. The monoisotopic (exact) mass is 197 g/mol. The normalized spacial score (nSPS) is 12.3. The van der Waals surface area contributed by atoms with Crippen molar-refractivity contribution in [3.63, 3.8) is 0 Å². The van der Waals surface area contributed by atoms with Crippen molar-refractivity contribution in [2.45, 2.75) is 26.3 Å². The molecule has 0 aromatic rings. The topological polar surface area (TPSA) is 47.3 Å². The Kier molecular flexibility index (Phi) is 5.89. The third-order valence-electron chi connectivity index (χ3n) is 2.08. The highest BCUT2D eigenvalue weighted by molar-refractivity contribution is 5.77. The minimum Gasteiger partial charge on any atom is -0.348 e. The Morgan fingerprint density at radius 1 is 1.50 bits per heavy atom. The molecule has 1 atom stereocenters. The van der Waals surface area contributed by atoms with Gasteiger partial charge in [0.05, 0.1) is 18.7 Å². The van der Waals surface area contributed by atoms with Gasteiger partial charge >= 0.3 is 0 Å². The molecule has 80 valence electrons. The van der Waals surface area contributed by atoms with Gasteiger partial charge in [0.2, 0.25) is 5.91 Å². The highest BCUT2D eigenvalue weighted by Crippen LogP contribution is 2.00. The van der Waals surface area contributed by atoms with Gasteiger partial charge in [0.1, 0.15) is 0 Å². The van der Waals surface area contributed by atoms with Gasteiger partial charge in [-0.25, -0.2) is 0 Å². The summed E-state index contributed by atoms with van der Waals surface area (Å²) < 4.78 is 0. The van der Waals surface area contributed by atoms with Crippen molar-refractivity contribution in [3.05, 3.63) is 0 Å². The molecule has 0 aliphatic carbocycles. The van der Waals surface area contributed by atoms with E-state index in [1.54, 1.807) is 19.0 Å². The van der Waals surface area contributed by atoms with E-state index in [0.29, 0.717) is 6.54 Å². The molecular weight excluding hydrogens is 178 g/mol. The quantitative estimate of drug-likeness (QED) is 0.651. The molecule has 0 saturated heterocycles. The fourth-order valence-electron chi connectivity index (χ4n) is 1.09. The zero-order chi connectivity index (χ0) is 11.1. The maximum Gasteiger partial charge on any atom is 0.236 e. The Balaban J connectivity index is 4.24. The van der Waals surface area contributed by atoms with Crippen LogP contribution in [0.3, 0.4) is 0 Å². The summed E-state index contributed by atoms with van der Waals surface area (Å²) in [6.45, 7) is 4.97. The van der Waals surface area contributed by atoms with Crippen molar-refractivity contribution in [1.82, 2.24) is 9.80 Å². The summed E-state index contributed by atoms with van der Waals surface area (Å²) in [6.07, 6.45) is 0.951. The lowest BCUT2D eigenvalue weighted by Gasteiger charge is -2.24. The summed E-state index contributed by atoms with van der Waals surface area (Å²) in [6, 6.07) is 1.95. The molecule has 0 heterocycles. The number of hydrogen-bond donors (Lipinski definition) is 0. The number of carbonyl (C=O) groups excluding carboxylic acids is 1. The molecule has 0 spiro atoms. The Morgan fingerprint density at radius 3 is 2.43 bits per heavy atom. The van der Waals surface area contributed by atoms with Gasteiger partial charge in [-0.2, -0.15) is 5.26 Å². The fraction of sp³-hybridized carbons (Fsp3) is 0.800. The van der Waals surface area contributed by atoms with E-state index < -0.39 is 0 Å². The van der Waals surface area contributed by atoms with Crippen molar-refractivity contribution in [3.8, 4) is 6.07 Å². The van der Waals surface area contributed by atoms with Crippen molar-refractivity contribution in [2.75, 3.05) is 27.2 Å². The zero-order valence-electron chi connectivity index (χ0n) is 9.45. The Labute approximate surface area is 86.1 Å². The summed E-state index contributed by atoms with van der Waals surface area (Å²) in [5.41, 5.74) is 0. The number of nitrogens with zero attached hydrogens (tertiary/aromatic N) is 3. The first-order valence-corrected chi connectivity index (χ1v) is 4.86. The molecule has 0 aromatic carbocycles. The number of likely N-dealkylation sites (N-methyl/N-ethyl adjacent to an activating group) is 1. The molecule has 0 N–H and O–H groups in total. The summed E-state index contributed by atoms with van der Waals surface area (Å²) in [5.74, 6) is 0.0422. The van der Waals surface area contributed by atoms with Crippen LogP contribution >= 0.6 is 0 Å². The van der Waals surface area contributed by atoms with Crippen molar-refractivity contribution in [1.29, 1.82) is 5.26 Å². The van der Waals surface area contributed by atoms with Gasteiger partial charge in [-0.15, -0.1) is 0 Å². The fourth-order valence-corrected chi connectivity index (χ4v) is 1.09. The largest absolute Gasteiger partial charge is 0.348 e. The summed E-state index contributed by atoms with van der Waals surface area (Å²) >= 11 is 0. The molecule has 0 radical (unpaired) electrons. The number of amides is 1. The van der Waals surface area contributed by atoms with Gasteiger partial charge in [-0.3, -0.25) is 9.69 Å². The van der Waals surface area contributed by atoms with E-state index in [-0.39, 0.29) is 11.9 Å². The van der Waals surface area contributed by atoms with E-state index >= 15 is 0 Å². The maximum absolute atomic E-state index is 11.4. The molecular formula is C10H19N3O. The van der Waals surface area contributed by atoms with Gasteiger partial charge < -0.3 is 4.90 Å². The number of carbonyl (C=O) groups is 1. The van der Waals surface area contributed by atoms with E-state index in [1.165, 1.54) is 0 Å². The lowest BCUT2D eigenvalue weighted by molar-refractivity contribution is -0.130. The maximum atomic E-state index is 11.4. The van der Waals surface area contributed by atoms with Crippen LogP contribution in [0, 0.1) is 11.3 Å². The van der Waals surface area contributed by atoms with Crippen LogP contribution in [0.4, 0.5) is 0 Å². The van der Waals surface area contributed by atoms with Crippen molar-refractivity contribution in [2.24, 2.45) is 0 Å². The average molecular weight is 197 g/mol. The first kappa shape index (κ1) is 12.9. The molecule has 0 rings (SSSR count). The lowest BCUT2D eigenvalue weighted by Crippen LogP contribution is -2.41. The number of rotatable bonds is 5. The van der Waals surface area contributed by atoms with Crippen LogP contribution in [0.25, 0.3) is 0 Å². The Bertz CT molecular complexity index is 220. The SMILES string of the molecule is CCCN(CC(=O)N(C)C)C(C)C#N. The summed E-state index contributed by atoms with van der Waals surface area (Å²) in [7, 11) is 3.45. The first-order chi connectivity index (χ1) is 6.52. The second kappa shape index (κ2) is 6.39. The molecule has 0 bridgehead atoms. The van der Waals surface area contributed by atoms with Gasteiger partial charge in [0.15, 0.2) is 0 Å². The average Bonchev–Trinajstić information content (AvgIpc) is 2.15. The third-order valence-corrected chi connectivity index (χ3v) is 2.08. The van der Waals surface area contributed by atoms with E-state index in [0.717, 1.165) is 13.0 Å². The molecule has 4 nitrogen and oxygen atoms in total. The molecule has 1 amide bonds. The van der Waals surface area contributed by atoms with Crippen LogP contribution in [-0.2, 0) is 4.79 Å². The second-order valence-corrected chi connectivity index (χ2v) is 3.56. The molecule has 0 saturated carbocycles. The molecule has 0 fully saturated rings. The van der Waals surface area contributed by atoms with Gasteiger partial charge in [-0.05, 0) is 19.9 Å². The van der Waals surface area contributed by atoms with Crippen LogP contribution in [0.15, 0.2) is 0 Å². The van der Waals surface area contributed by atoms with Crippen molar-refractivity contribution < 1.29 is 4.79 Å². The molecule has 0 aliphatic rings. The standard InChI is InChI=1S/C10H19N3O/c1-5-6-13(9(2)7-11)8-10(14)12(3)4/h9H,5-6,8H2,1-4H3. The minimum absolute atomic E-state index is 0.0422. The number of hydrogen-bond acceptors (Lipinski definition) is 3. The van der Waals surface area contributed by atoms with Crippen LogP contribution < -0.4 is 0 Å². The first-order valence-electron chi connectivity index (χ1n) is 4.86. The second-order valence-electron chi connectivity index (χ2n) is 3.56. The summed E-state index contributed by atoms with van der Waals surface area (Å²) in [5, 5.41) is 8.77. The van der Waals surface area contributed by atoms with Gasteiger partial charge in [0.25, 0.3) is 0 Å². The lowest BCUT2D eigenvalue weighted by atomic mass is 10.2. The molecule has 0 aromatic heterocycles. The van der Waals surface area contributed by atoms with Crippen molar-refractivity contribution >= 4 is 5.91 Å². The molecule has 4 heteroatoms. The molecule has 14 heavy (non-hydrogen) atoms.